The summed E-state index contributed by atoms with van der Waals surface area (Å²) >= 11 is 0. The Morgan fingerprint density at radius 2 is 2.58 bits per heavy atom. The summed E-state index contributed by atoms with van der Waals surface area (Å²) in [5.41, 5.74) is 2.72. The molecule has 5 heteroatoms. The molecule has 0 saturated heterocycles. The summed E-state index contributed by atoms with van der Waals surface area (Å²) in [6, 6.07) is 0. The molecular formula is C7H13N5. The zero-order valence-corrected chi connectivity index (χ0v) is 7.28. The third kappa shape index (κ3) is 3.14. The van der Waals surface area contributed by atoms with Gasteiger partial charge in [-0.1, -0.05) is 13.8 Å². The SMILES string of the molecule is CC(C)C/C=N/Nc1ncn[nH]1. The maximum absolute atomic E-state index is 3.95. The molecular weight excluding hydrogens is 154 g/mol. The molecule has 0 aromatic carbocycles. The molecule has 0 radical (unpaired) electrons. The van der Waals surface area contributed by atoms with Gasteiger partial charge in [0.05, 0.1) is 0 Å². The van der Waals surface area contributed by atoms with E-state index in [1.165, 1.54) is 6.33 Å². The van der Waals surface area contributed by atoms with Crippen molar-refractivity contribution < 1.29 is 0 Å². The van der Waals surface area contributed by atoms with Crippen molar-refractivity contribution in [1.29, 1.82) is 0 Å². The van der Waals surface area contributed by atoms with Crippen LogP contribution in [0.4, 0.5) is 5.95 Å². The lowest BCUT2D eigenvalue weighted by molar-refractivity contribution is 0.690. The number of hydrazone groups is 1. The smallest absolute Gasteiger partial charge is 0.239 e. The van der Waals surface area contributed by atoms with Crippen LogP contribution in [-0.4, -0.2) is 21.4 Å². The first-order chi connectivity index (χ1) is 5.79. The molecule has 0 spiro atoms. The monoisotopic (exact) mass is 167 g/mol. The lowest BCUT2D eigenvalue weighted by atomic mass is 10.2. The van der Waals surface area contributed by atoms with Crippen LogP contribution < -0.4 is 5.43 Å². The molecule has 0 aliphatic heterocycles. The summed E-state index contributed by atoms with van der Waals surface area (Å²) < 4.78 is 0. The van der Waals surface area contributed by atoms with E-state index in [0.717, 1.165) is 6.42 Å². The third-order valence-electron chi connectivity index (χ3n) is 1.25. The second-order valence-corrected chi connectivity index (χ2v) is 2.89. The molecule has 0 atom stereocenters. The third-order valence-corrected chi connectivity index (χ3v) is 1.25. The molecule has 0 aliphatic rings. The van der Waals surface area contributed by atoms with Crippen molar-refractivity contribution in [3.8, 4) is 0 Å². The van der Waals surface area contributed by atoms with Crippen LogP contribution in [0.1, 0.15) is 20.3 Å². The lowest BCUT2D eigenvalue weighted by Crippen LogP contribution is -1.93. The van der Waals surface area contributed by atoms with Crippen molar-refractivity contribution >= 4 is 12.2 Å². The van der Waals surface area contributed by atoms with Crippen LogP contribution in [-0.2, 0) is 0 Å². The topological polar surface area (TPSA) is 66.0 Å². The van der Waals surface area contributed by atoms with Crippen LogP contribution in [0.2, 0.25) is 0 Å². The number of rotatable bonds is 4. The fourth-order valence-corrected chi connectivity index (χ4v) is 0.630. The average molecular weight is 167 g/mol. The molecule has 1 heterocycles. The normalized spacial score (nSPS) is 11.2. The minimum atomic E-state index is 0.565. The molecule has 0 unspecified atom stereocenters. The van der Waals surface area contributed by atoms with Crippen molar-refractivity contribution in [1.82, 2.24) is 15.2 Å². The summed E-state index contributed by atoms with van der Waals surface area (Å²) in [5, 5.41) is 10.2. The minimum Gasteiger partial charge on any atom is -0.246 e. The fraction of sp³-hybridized carbons (Fsp3) is 0.571. The van der Waals surface area contributed by atoms with Crippen molar-refractivity contribution in [3.05, 3.63) is 6.33 Å². The van der Waals surface area contributed by atoms with Gasteiger partial charge in [-0.2, -0.15) is 15.2 Å². The van der Waals surface area contributed by atoms with E-state index < -0.39 is 0 Å². The van der Waals surface area contributed by atoms with Crippen molar-refractivity contribution in [2.75, 3.05) is 5.43 Å². The van der Waals surface area contributed by atoms with E-state index in [2.05, 4.69) is 39.6 Å². The highest BCUT2D eigenvalue weighted by Gasteiger charge is 1.90. The first-order valence-electron chi connectivity index (χ1n) is 3.92. The van der Waals surface area contributed by atoms with Crippen LogP contribution in [0.3, 0.4) is 0 Å². The second kappa shape index (κ2) is 4.48. The molecule has 0 aliphatic carbocycles. The minimum absolute atomic E-state index is 0.565. The van der Waals surface area contributed by atoms with Gasteiger partial charge >= 0.3 is 0 Å². The van der Waals surface area contributed by atoms with Crippen LogP contribution in [0.15, 0.2) is 11.4 Å². The van der Waals surface area contributed by atoms with E-state index >= 15 is 0 Å². The molecule has 0 saturated carbocycles. The second-order valence-electron chi connectivity index (χ2n) is 2.89. The summed E-state index contributed by atoms with van der Waals surface area (Å²) in [6.45, 7) is 4.28. The van der Waals surface area contributed by atoms with E-state index in [1.807, 2.05) is 6.21 Å². The molecule has 5 nitrogen and oxygen atoms in total. The number of hydrogen-bond donors (Lipinski definition) is 2. The summed E-state index contributed by atoms with van der Waals surface area (Å²) in [4.78, 5) is 3.84. The zero-order chi connectivity index (χ0) is 8.81. The summed E-state index contributed by atoms with van der Waals surface area (Å²) in [5.74, 6) is 1.19. The first kappa shape index (κ1) is 8.70. The fourth-order valence-electron chi connectivity index (χ4n) is 0.630. The number of anilines is 1. The van der Waals surface area contributed by atoms with Crippen LogP contribution >= 0.6 is 0 Å². The molecule has 2 N–H and O–H groups in total. The highest BCUT2D eigenvalue weighted by Crippen LogP contribution is 1.96. The average Bonchev–Trinajstić information content (AvgIpc) is 2.49. The molecule has 66 valence electrons. The molecule has 1 rings (SSSR count). The van der Waals surface area contributed by atoms with Gasteiger partial charge in [-0.15, -0.1) is 0 Å². The van der Waals surface area contributed by atoms with Gasteiger partial charge in [0.1, 0.15) is 6.33 Å². The van der Waals surface area contributed by atoms with E-state index in [9.17, 15) is 0 Å². The van der Waals surface area contributed by atoms with E-state index in [1.54, 1.807) is 0 Å². The Kier molecular flexibility index (Phi) is 3.25. The van der Waals surface area contributed by atoms with Crippen LogP contribution in [0, 0.1) is 5.92 Å². The Bertz CT molecular complexity index is 226. The van der Waals surface area contributed by atoms with Gasteiger partial charge in [0.15, 0.2) is 0 Å². The van der Waals surface area contributed by atoms with Gasteiger partial charge in [-0.05, 0) is 12.3 Å². The zero-order valence-electron chi connectivity index (χ0n) is 7.28. The van der Waals surface area contributed by atoms with Gasteiger partial charge in [0.25, 0.3) is 0 Å². The Hall–Kier alpha value is -1.39. The first-order valence-corrected chi connectivity index (χ1v) is 3.92. The number of hydrogen-bond acceptors (Lipinski definition) is 4. The molecule has 0 bridgehead atoms. The molecule has 12 heavy (non-hydrogen) atoms. The van der Waals surface area contributed by atoms with E-state index in [-0.39, 0.29) is 0 Å². The van der Waals surface area contributed by atoms with Gasteiger partial charge < -0.3 is 0 Å². The number of aromatic nitrogens is 3. The van der Waals surface area contributed by atoms with Crippen molar-refractivity contribution in [2.24, 2.45) is 11.0 Å². The maximum atomic E-state index is 3.95. The Labute approximate surface area is 71.3 Å². The molecule has 1 aromatic heterocycles. The Morgan fingerprint density at radius 1 is 1.75 bits per heavy atom. The summed E-state index contributed by atoms with van der Waals surface area (Å²) in [7, 11) is 0. The number of nitrogens with zero attached hydrogens (tertiary/aromatic N) is 3. The highest BCUT2D eigenvalue weighted by molar-refractivity contribution is 5.58. The van der Waals surface area contributed by atoms with Crippen LogP contribution in [0.5, 0.6) is 0 Å². The van der Waals surface area contributed by atoms with Crippen molar-refractivity contribution in [2.45, 2.75) is 20.3 Å². The Morgan fingerprint density at radius 3 is 3.17 bits per heavy atom. The quantitative estimate of drug-likeness (QED) is 0.524. The van der Waals surface area contributed by atoms with Crippen LogP contribution in [0.25, 0.3) is 0 Å². The van der Waals surface area contributed by atoms with Gasteiger partial charge in [-0.3, -0.25) is 0 Å². The lowest BCUT2D eigenvalue weighted by Gasteiger charge is -1.96. The largest absolute Gasteiger partial charge is 0.246 e. The highest BCUT2D eigenvalue weighted by atomic mass is 15.4. The number of nitrogens with one attached hydrogen (secondary N) is 2. The predicted molar refractivity (Wildman–Crippen MR) is 48.0 cm³/mol. The van der Waals surface area contributed by atoms with Crippen molar-refractivity contribution in [3.63, 3.8) is 0 Å². The van der Waals surface area contributed by atoms with E-state index in [4.69, 9.17) is 0 Å². The maximum Gasteiger partial charge on any atom is 0.239 e. The number of aromatic amines is 1. The summed E-state index contributed by atoms with van der Waals surface area (Å²) in [6.07, 6.45) is 4.22. The Balaban J connectivity index is 2.22. The molecule has 1 aromatic rings. The van der Waals surface area contributed by atoms with Gasteiger partial charge in [0.2, 0.25) is 5.95 Å². The van der Waals surface area contributed by atoms with E-state index in [0.29, 0.717) is 11.9 Å². The standard InChI is InChI=1S/C7H13N5/c1-6(2)3-4-9-11-7-8-5-10-12-7/h4-6H,3H2,1-2H3,(H2,8,10,11,12)/b9-4+. The molecule has 0 fully saturated rings. The predicted octanol–water partition coefficient (Wildman–Crippen LogP) is 1.25. The molecule has 0 amide bonds. The number of H-pyrrole nitrogens is 1. The van der Waals surface area contributed by atoms with Gasteiger partial charge in [-0.25, -0.2) is 10.5 Å². The van der Waals surface area contributed by atoms with Gasteiger partial charge in [0, 0.05) is 6.21 Å².